The van der Waals surface area contributed by atoms with E-state index in [-0.39, 0.29) is 10.7 Å². The van der Waals surface area contributed by atoms with Crippen molar-refractivity contribution in [1.82, 2.24) is 9.71 Å². The second kappa shape index (κ2) is 11.5. The molecule has 2 aromatic rings. The maximum Gasteiger partial charge on any atom is 0.334 e. The van der Waals surface area contributed by atoms with Gasteiger partial charge < -0.3 is 14.6 Å². The maximum absolute atomic E-state index is 12.4. The number of phenolic OH excluding ortho intramolecular Hbond substituents is 1. The molecule has 0 radical (unpaired) electrons. The van der Waals surface area contributed by atoms with Crippen molar-refractivity contribution >= 4 is 21.9 Å². The van der Waals surface area contributed by atoms with Crippen molar-refractivity contribution in [2.24, 2.45) is 0 Å². The Kier molecular flexibility index (Phi) is 9.03. The Labute approximate surface area is 176 Å². The fourth-order valence-corrected chi connectivity index (χ4v) is 3.81. The summed E-state index contributed by atoms with van der Waals surface area (Å²) in [5.74, 6) is -0.209. The zero-order chi connectivity index (χ0) is 22.0. The number of urea groups is 1. The van der Waals surface area contributed by atoms with Crippen LogP contribution in [0.1, 0.15) is 24.1 Å². The minimum absolute atomic E-state index is 0.238. The molecule has 1 aromatic heterocycles. The summed E-state index contributed by atoms with van der Waals surface area (Å²) in [7, 11) is -0.987. The third kappa shape index (κ3) is 7.29. The van der Waals surface area contributed by atoms with Crippen LogP contribution in [0.25, 0.3) is 0 Å². The average Bonchev–Trinajstić information content (AvgIpc) is 2.68. The van der Waals surface area contributed by atoms with E-state index in [1.807, 2.05) is 10.8 Å². The van der Waals surface area contributed by atoms with E-state index in [4.69, 9.17) is 9.47 Å². The molecule has 3 N–H and O–H groups in total. The molecule has 0 unspecified atom stereocenters. The maximum atomic E-state index is 12.4. The highest BCUT2D eigenvalue weighted by atomic mass is 32.2. The van der Waals surface area contributed by atoms with Crippen LogP contribution in [-0.4, -0.2) is 52.0 Å². The van der Waals surface area contributed by atoms with Gasteiger partial charge in [0, 0.05) is 33.1 Å². The molecule has 2 amide bonds. The van der Waals surface area contributed by atoms with Crippen LogP contribution in [0.5, 0.6) is 5.75 Å². The van der Waals surface area contributed by atoms with Gasteiger partial charge in [-0.05, 0) is 55.5 Å². The number of ether oxygens (including phenoxy) is 2. The fourth-order valence-electron chi connectivity index (χ4n) is 2.81. The van der Waals surface area contributed by atoms with Crippen molar-refractivity contribution in [2.75, 3.05) is 32.8 Å². The lowest BCUT2D eigenvalue weighted by atomic mass is 10.1. The number of phenols is 1. The van der Waals surface area contributed by atoms with Crippen LogP contribution in [0.2, 0.25) is 0 Å². The number of anilines is 1. The van der Waals surface area contributed by atoms with E-state index in [1.165, 1.54) is 24.3 Å². The summed E-state index contributed by atoms with van der Waals surface area (Å²) in [6.45, 7) is 1.18. The number of carbonyl (C=O) groups excluding carboxylic acids is 1. The Hall–Kier alpha value is -2.69. The zero-order valence-electron chi connectivity index (χ0n) is 17.1. The van der Waals surface area contributed by atoms with E-state index in [9.17, 15) is 18.3 Å². The molecule has 164 valence electrons. The molecule has 0 saturated heterocycles. The van der Waals surface area contributed by atoms with Crippen molar-refractivity contribution in [3.8, 4) is 5.75 Å². The van der Waals surface area contributed by atoms with Gasteiger partial charge in [-0.1, -0.05) is 12.1 Å². The van der Waals surface area contributed by atoms with Gasteiger partial charge in [-0.25, -0.2) is 22.9 Å². The topological polar surface area (TPSA) is 127 Å². The second-order valence-corrected chi connectivity index (χ2v) is 8.22. The van der Waals surface area contributed by atoms with Crippen LogP contribution in [0.4, 0.5) is 10.6 Å². The molecular formula is C20H27N3O6S. The van der Waals surface area contributed by atoms with Crippen LogP contribution in [0.3, 0.4) is 0 Å². The molecular weight excluding hydrogens is 410 g/mol. The van der Waals surface area contributed by atoms with Crippen molar-refractivity contribution < 1.29 is 27.8 Å². The number of hydrogen-bond acceptors (Lipinski definition) is 7. The summed E-state index contributed by atoms with van der Waals surface area (Å²) in [6.07, 6.45) is 2.93. The molecule has 0 spiro atoms. The van der Waals surface area contributed by atoms with Gasteiger partial charge in [-0.2, -0.15) is 0 Å². The lowest BCUT2D eigenvalue weighted by molar-refractivity contribution is 0.194. The highest BCUT2D eigenvalue weighted by Crippen LogP contribution is 2.21. The van der Waals surface area contributed by atoms with E-state index in [0.29, 0.717) is 19.6 Å². The number of aryl methyl sites for hydroxylation is 2. The van der Waals surface area contributed by atoms with Crippen molar-refractivity contribution in [3.63, 3.8) is 0 Å². The molecule has 9 nitrogen and oxygen atoms in total. The second-order valence-electron chi connectivity index (χ2n) is 6.57. The number of methoxy groups -OCH3 is 2. The standard InChI is InChI=1S/C20H27N3O6S/c1-28-11-5-7-15-13-16(8-6-12-29-2)21-19(14-15)22-20(25)23-30(26,27)18-10-4-3-9-17(18)24/h3-4,9-10,13-14,24H,5-8,11-12H2,1-2H3,(H2,21,22,23,25). The minimum atomic E-state index is -4.24. The van der Waals surface area contributed by atoms with Crippen molar-refractivity contribution in [3.05, 3.63) is 47.7 Å². The first-order chi connectivity index (χ1) is 14.4. The average molecular weight is 438 g/mol. The van der Waals surface area contributed by atoms with Gasteiger partial charge >= 0.3 is 6.03 Å². The summed E-state index contributed by atoms with van der Waals surface area (Å²) < 4.78 is 36.7. The molecule has 30 heavy (non-hydrogen) atoms. The molecule has 10 heteroatoms. The Morgan fingerprint density at radius 1 is 1.07 bits per heavy atom. The Morgan fingerprint density at radius 3 is 2.40 bits per heavy atom. The minimum Gasteiger partial charge on any atom is -0.507 e. The molecule has 0 aliphatic carbocycles. The summed E-state index contributed by atoms with van der Waals surface area (Å²) in [5, 5.41) is 12.2. The Balaban J connectivity index is 2.14. The largest absolute Gasteiger partial charge is 0.507 e. The van der Waals surface area contributed by atoms with E-state index < -0.39 is 21.8 Å². The van der Waals surface area contributed by atoms with Gasteiger partial charge in [0.05, 0.1) is 0 Å². The number of amides is 2. The summed E-state index contributed by atoms with van der Waals surface area (Å²) in [4.78, 5) is 16.3. The highest BCUT2D eigenvalue weighted by molar-refractivity contribution is 7.90. The number of carbonyl (C=O) groups is 1. The smallest absolute Gasteiger partial charge is 0.334 e. The molecule has 0 saturated carbocycles. The lowest BCUT2D eigenvalue weighted by Crippen LogP contribution is -2.34. The van der Waals surface area contributed by atoms with Gasteiger partial charge in [0.15, 0.2) is 0 Å². The van der Waals surface area contributed by atoms with Gasteiger partial charge in [-0.3, -0.25) is 5.32 Å². The number of nitrogens with zero attached hydrogens (tertiary/aromatic N) is 1. The van der Waals surface area contributed by atoms with Crippen LogP contribution < -0.4 is 10.0 Å². The monoisotopic (exact) mass is 437 g/mol. The van der Waals surface area contributed by atoms with Crippen molar-refractivity contribution in [2.45, 2.75) is 30.6 Å². The first kappa shape index (κ1) is 23.6. The molecule has 0 bridgehead atoms. The third-order valence-electron chi connectivity index (χ3n) is 4.16. The van der Waals surface area contributed by atoms with Crippen LogP contribution >= 0.6 is 0 Å². The number of rotatable bonds is 11. The molecule has 1 heterocycles. The zero-order valence-corrected chi connectivity index (χ0v) is 17.9. The number of aromatic nitrogens is 1. The van der Waals surface area contributed by atoms with Gasteiger partial charge in [0.1, 0.15) is 16.5 Å². The number of para-hydroxylation sites is 1. The molecule has 2 rings (SSSR count). The number of sulfonamides is 1. The molecule has 1 aromatic carbocycles. The third-order valence-corrected chi connectivity index (χ3v) is 5.54. The van der Waals surface area contributed by atoms with Gasteiger partial charge in [0.25, 0.3) is 10.0 Å². The van der Waals surface area contributed by atoms with Gasteiger partial charge in [-0.15, -0.1) is 0 Å². The quantitative estimate of drug-likeness (QED) is 0.461. The molecule has 0 atom stereocenters. The highest BCUT2D eigenvalue weighted by Gasteiger charge is 2.21. The fraction of sp³-hybridized carbons (Fsp3) is 0.400. The first-order valence-corrected chi connectivity index (χ1v) is 10.9. The van der Waals surface area contributed by atoms with E-state index in [0.717, 1.165) is 30.5 Å². The van der Waals surface area contributed by atoms with E-state index in [2.05, 4.69) is 10.3 Å². The number of hydrogen-bond donors (Lipinski definition) is 3. The Bertz CT molecular complexity index is 921. The number of aromatic hydroxyl groups is 1. The van der Waals surface area contributed by atoms with Crippen molar-refractivity contribution in [1.29, 1.82) is 0 Å². The predicted molar refractivity (Wildman–Crippen MR) is 112 cm³/mol. The van der Waals surface area contributed by atoms with E-state index >= 15 is 0 Å². The Morgan fingerprint density at radius 2 is 1.73 bits per heavy atom. The molecule has 0 fully saturated rings. The molecule has 0 aliphatic heterocycles. The van der Waals surface area contributed by atoms with E-state index in [1.54, 1.807) is 20.3 Å². The summed E-state index contributed by atoms with van der Waals surface area (Å²) >= 11 is 0. The van der Waals surface area contributed by atoms with Gasteiger partial charge in [0.2, 0.25) is 0 Å². The van der Waals surface area contributed by atoms with Crippen LogP contribution in [0.15, 0.2) is 41.3 Å². The summed E-state index contributed by atoms with van der Waals surface area (Å²) in [5.41, 5.74) is 1.72. The SMILES string of the molecule is COCCCc1cc(CCCOC)nc(NC(=O)NS(=O)(=O)c2ccccc2O)c1. The normalized spacial score (nSPS) is 11.3. The number of nitrogens with one attached hydrogen (secondary N) is 2. The number of pyridine rings is 1. The summed E-state index contributed by atoms with van der Waals surface area (Å²) in [6, 6.07) is 8.04. The molecule has 0 aliphatic rings. The lowest BCUT2D eigenvalue weighted by Gasteiger charge is -2.12. The van der Waals surface area contributed by atoms with Crippen LogP contribution in [-0.2, 0) is 32.3 Å². The predicted octanol–water partition coefficient (Wildman–Crippen LogP) is 2.46. The first-order valence-electron chi connectivity index (χ1n) is 9.45. The number of benzene rings is 1. The van der Waals surface area contributed by atoms with Crippen LogP contribution in [0, 0.1) is 0 Å².